The van der Waals surface area contributed by atoms with Crippen molar-refractivity contribution in [2.45, 2.75) is 31.9 Å². The van der Waals surface area contributed by atoms with E-state index in [9.17, 15) is 9.59 Å². The minimum absolute atomic E-state index is 0.0172. The van der Waals surface area contributed by atoms with Crippen molar-refractivity contribution >= 4 is 12.1 Å². The first-order chi connectivity index (χ1) is 10.7. The van der Waals surface area contributed by atoms with Crippen molar-refractivity contribution in [3.63, 3.8) is 0 Å². The molecule has 0 radical (unpaired) electrons. The zero-order valence-electron chi connectivity index (χ0n) is 12.4. The highest BCUT2D eigenvalue weighted by atomic mass is 16.6. The molecule has 1 saturated heterocycles. The molecule has 1 heterocycles. The van der Waals surface area contributed by atoms with Gasteiger partial charge >= 0.3 is 12.1 Å². The van der Waals surface area contributed by atoms with Crippen LogP contribution in [0.4, 0.5) is 4.79 Å². The van der Waals surface area contributed by atoms with Crippen molar-refractivity contribution in [1.82, 2.24) is 4.90 Å². The Morgan fingerprint density at radius 1 is 1.23 bits per heavy atom. The predicted octanol–water partition coefficient (Wildman–Crippen LogP) is 2.28. The fourth-order valence-electron chi connectivity index (χ4n) is 2.44. The second kappa shape index (κ2) is 8.38. The lowest BCUT2D eigenvalue weighted by Crippen LogP contribution is -2.44. The highest BCUT2D eigenvalue weighted by Crippen LogP contribution is 2.16. The van der Waals surface area contributed by atoms with Crippen molar-refractivity contribution in [3.05, 3.63) is 35.9 Å². The Balaban J connectivity index is 1.93. The summed E-state index contributed by atoms with van der Waals surface area (Å²) in [5.74, 6) is -0.923. The van der Waals surface area contributed by atoms with E-state index in [0.29, 0.717) is 26.1 Å². The van der Waals surface area contributed by atoms with E-state index in [2.05, 4.69) is 0 Å². The lowest BCUT2D eigenvalue weighted by Gasteiger charge is -2.33. The summed E-state index contributed by atoms with van der Waals surface area (Å²) in [7, 11) is 0. The van der Waals surface area contributed by atoms with E-state index in [1.54, 1.807) is 0 Å². The van der Waals surface area contributed by atoms with E-state index < -0.39 is 12.1 Å². The van der Waals surface area contributed by atoms with Crippen LogP contribution in [0.2, 0.25) is 0 Å². The number of benzene rings is 1. The third kappa shape index (κ3) is 5.04. The molecule has 0 saturated carbocycles. The Kier molecular flexibility index (Phi) is 6.21. The maximum absolute atomic E-state index is 12.3. The molecule has 120 valence electrons. The minimum atomic E-state index is -0.923. The molecule has 6 heteroatoms. The van der Waals surface area contributed by atoms with Crippen LogP contribution in [0.5, 0.6) is 0 Å². The Hall–Kier alpha value is -2.08. The first-order valence-corrected chi connectivity index (χ1v) is 7.43. The monoisotopic (exact) mass is 307 g/mol. The van der Waals surface area contributed by atoms with Crippen LogP contribution in [0.3, 0.4) is 0 Å². The number of carbonyl (C=O) groups is 2. The van der Waals surface area contributed by atoms with E-state index in [-0.39, 0.29) is 25.6 Å². The lowest BCUT2D eigenvalue weighted by atomic mass is 10.1. The van der Waals surface area contributed by atoms with Crippen LogP contribution in [0.1, 0.15) is 24.8 Å². The van der Waals surface area contributed by atoms with Crippen LogP contribution in [0.25, 0.3) is 0 Å². The Morgan fingerprint density at radius 2 is 1.91 bits per heavy atom. The molecule has 1 aromatic rings. The average molecular weight is 307 g/mol. The number of carboxylic acids is 1. The van der Waals surface area contributed by atoms with Crippen LogP contribution < -0.4 is 0 Å². The third-order valence-corrected chi connectivity index (χ3v) is 3.64. The first kappa shape index (κ1) is 16.3. The Labute approximate surface area is 129 Å². The smallest absolute Gasteiger partial charge is 0.410 e. The van der Waals surface area contributed by atoms with Crippen molar-refractivity contribution < 1.29 is 24.2 Å². The number of carboxylic acid groups (broad SMARTS) is 1. The summed E-state index contributed by atoms with van der Waals surface area (Å²) < 4.78 is 10.6. The second-order valence-electron chi connectivity index (χ2n) is 5.22. The van der Waals surface area contributed by atoms with Gasteiger partial charge in [-0.15, -0.1) is 0 Å². The van der Waals surface area contributed by atoms with Crippen LogP contribution in [-0.2, 0) is 20.9 Å². The average Bonchev–Trinajstić information content (AvgIpc) is 2.55. The molecule has 0 aliphatic carbocycles. The molecule has 1 aliphatic heterocycles. The van der Waals surface area contributed by atoms with Gasteiger partial charge in [-0.1, -0.05) is 30.3 Å². The van der Waals surface area contributed by atoms with Crippen molar-refractivity contribution in [3.8, 4) is 0 Å². The highest BCUT2D eigenvalue weighted by Gasteiger charge is 2.27. The molecule has 0 atom stereocenters. The number of amides is 1. The molecule has 1 amide bonds. The van der Waals surface area contributed by atoms with Gasteiger partial charge in [0.1, 0.15) is 6.61 Å². The fraction of sp³-hybridized carbons (Fsp3) is 0.500. The molecular weight excluding hydrogens is 286 g/mol. The molecule has 22 heavy (non-hydrogen) atoms. The van der Waals surface area contributed by atoms with Gasteiger partial charge in [-0.3, -0.25) is 4.79 Å². The van der Waals surface area contributed by atoms with Gasteiger partial charge < -0.3 is 19.5 Å². The lowest BCUT2D eigenvalue weighted by molar-refractivity contribution is -0.137. The Bertz CT molecular complexity index is 485. The second-order valence-corrected chi connectivity index (χ2v) is 5.22. The molecule has 1 fully saturated rings. The van der Waals surface area contributed by atoms with Gasteiger partial charge in [0, 0.05) is 25.8 Å². The summed E-state index contributed by atoms with van der Waals surface area (Å²) in [6.07, 6.45) is 0.870. The van der Waals surface area contributed by atoms with Crippen molar-refractivity contribution in [2.24, 2.45) is 0 Å². The van der Waals surface area contributed by atoms with Crippen molar-refractivity contribution in [1.29, 1.82) is 0 Å². The van der Waals surface area contributed by atoms with E-state index in [1.165, 1.54) is 4.90 Å². The standard InChI is InChI=1S/C16H21NO5/c18-15(19)6-9-17(14-7-10-21-11-8-14)16(20)22-12-13-4-2-1-3-5-13/h1-5,14H,6-12H2,(H,18,19). The zero-order chi connectivity index (χ0) is 15.8. The summed E-state index contributed by atoms with van der Waals surface area (Å²) in [5.41, 5.74) is 0.904. The summed E-state index contributed by atoms with van der Waals surface area (Å²) in [6.45, 7) is 1.51. The number of aliphatic carboxylic acids is 1. The van der Waals surface area contributed by atoms with Crippen LogP contribution in [-0.4, -0.2) is 47.9 Å². The van der Waals surface area contributed by atoms with Gasteiger partial charge in [-0.2, -0.15) is 0 Å². The number of hydrogen-bond acceptors (Lipinski definition) is 4. The highest BCUT2D eigenvalue weighted by molar-refractivity contribution is 5.71. The first-order valence-electron chi connectivity index (χ1n) is 7.43. The van der Waals surface area contributed by atoms with Crippen LogP contribution >= 0.6 is 0 Å². The molecule has 1 aliphatic rings. The quantitative estimate of drug-likeness (QED) is 0.872. The summed E-state index contributed by atoms with van der Waals surface area (Å²) in [6, 6.07) is 9.39. The number of rotatable bonds is 6. The summed E-state index contributed by atoms with van der Waals surface area (Å²) in [5, 5.41) is 8.85. The maximum atomic E-state index is 12.3. The number of nitrogens with zero attached hydrogens (tertiary/aromatic N) is 1. The van der Waals surface area contributed by atoms with E-state index in [4.69, 9.17) is 14.6 Å². The van der Waals surface area contributed by atoms with Gasteiger partial charge in [-0.05, 0) is 18.4 Å². The van der Waals surface area contributed by atoms with E-state index in [1.807, 2.05) is 30.3 Å². The topological polar surface area (TPSA) is 76.1 Å². The normalized spacial score (nSPS) is 15.3. The van der Waals surface area contributed by atoms with E-state index >= 15 is 0 Å². The van der Waals surface area contributed by atoms with Crippen molar-refractivity contribution in [2.75, 3.05) is 19.8 Å². The predicted molar refractivity (Wildman–Crippen MR) is 79.4 cm³/mol. The van der Waals surface area contributed by atoms with Gasteiger partial charge in [0.25, 0.3) is 0 Å². The molecule has 2 rings (SSSR count). The fourth-order valence-corrected chi connectivity index (χ4v) is 2.44. The molecule has 0 spiro atoms. The SMILES string of the molecule is O=C(O)CCN(C(=O)OCc1ccccc1)C1CCOCC1. The van der Waals surface area contributed by atoms with Crippen LogP contribution in [0, 0.1) is 0 Å². The minimum Gasteiger partial charge on any atom is -0.481 e. The van der Waals surface area contributed by atoms with Gasteiger partial charge in [0.05, 0.1) is 6.42 Å². The third-order valence-electron chi connectivity index (χ3n) is 3.64. The van der Waals surface area contributed by atoms with Gasteiger partial charge in [0.2, 0.25) is 0 Å². The number of hydrogen-bond donors (Lipinski definition) is 1. The molecule has 1 aromatic carbocycles. The van der Waals surface area contributed by atoms with Gasteiger partial charge in [-0.25, -0.2) is 4.79 Å². The number of carbonyl (C=O) groups excluding carboxylic acids is 1. The molecule has 6 nitrogen and oxygen atoms in total. The molecule has 0 bridgehead atoms. The maximum Gasteiger partial charge on any atom is 0.410 e. The zero-order valence-corrected chi connectivity index (χ0v) is 12.4. The van der Waals surface area contributed by atoms with Gasteiger partial charge in [0.15, 0.2) is 0 Å². The van der Waals surface area contributed by atoms with E-state index in [0.717, 1.165) is 5.56 Å². The summed E-state index contributed by atoms with van der Waals surface area (Å²) >= 11 is 0. The van der Waals surface area contributed by atoms with Crippen LogP contribution in [0.15, 0.2) is 30.3 Å². The molecule has 1 N–H and O–H groups in total. The Morgan fingerprint density at radius 3 is 2.55 bits per heavy atom. The molecule has 0 unspecified atom stereocenters. The molecular formula is C16H21NO5. The largest absolute Gasteiger partial charge is 0.481 e. The number of ether oxygens (including phenoxy) is 2. The summed E-state index contributed by atoms with van der Waals surface area (Å²) in [4.78, 5) is 24.6. The molecule has 0 aromatic heterocycles.